The summed E-state index contributed by atoms with van der Waals surface area (Å²) in [6, 6.07) is 3.86. The number of halogens is 1. The van der Waals surface area contributed by atoms with Crippen LogP contribution in [0.15, 0.2) is 18.2 Å². The Morgan fingerprint density at radius 2 is 2.30 bits per heavy atom. The van der Waals surface area contributed by atoms with E-state index in [9.17, 15) is 20.0 Å². The lowest BCUT2D eigenvalue weighted by molar-refractivity contribution is -0.384. The molecule has 1 aromatic rings. The van der Waals surface area contributed by atoms with Crippen LogP contribution in [-0.2, 0) is 11.2 Å². The molecule has 0 radical (unpaired) electrons. The smallest absolute Gasteiger partial charge is 0.269 e. The van der Waals surface area contributed by atoms with Gasteiger partial charge in [0.25, 0.3) is 5.69 Å². The first-order valence-electron chi connectivity index (χ1n) is 6.33. The van der Waals surface area contributed by atoms with Gasteiger partial charge in [-0.3, -0.25) is 14.9 Å². The number of nitro groups is 1. The average Bonchev–Trinajstić information content (AvgIpc) is 2.72. The quantitative estimate of drug-likeness (QED) is 0.491. The molecule has 6 nitrogen and oxygen atoms in total. The van der Waals surface area contributed by atoms with Gasteiger partial charge in [-0.15, -0.1) is 11.6 Å². The van der Waals surface area contributed by atoms with Crippen LogP contribution in [0, 0.1) is 10.1 Å². The van der Waals surface area contributed by atoms with Gasteiger partial charge in [-0.05, 0) is 17.5 Å². The second-order valence-electron chi connectivity index (χ2n) is 4.75. The fourth-order valence-electron chi connectivity index (χ4n) is 2.37. The number of aliphatic hydroxyl groups is 1. The van der Waals surface area contributed by atoms with Crippen LogP contribution in [-0.4, -0.2) is 27.9 Å². The second kappa shape index (κ2) is 6.19. The van der Waals surface area contributed by atoms with E-state index in [4.69, 9.17) is 11.6 Å². The number of non-ortho nitro benzene ring substituents is 1. The van der Waals surface area contributed by atoms with E-state index in [-0.39, 0.29) is 18.0 Å². The van der Waals surface area contributed by atoms with E-state index in [1.807, 2.05) is 0 Å². The molecule has 108 valence electrons. The molecular weight excluding hydrogens is 284 g/mol. The molecule has 2 N–H and O–H groups in total. The molecule has 0 bridgehead atoms. The van der Waals surface area contributed by atoms with Crippen molar-refractivity contribution in [3.8, 4) is 0 Å². The maximum absolute atomic E-state index is 11.7. The third-order valence-corrected chi connectivity index (χ3v) is 3.61. The van der Waals surface area contributed by atoms with Crippen LogP contribution in [0.5, 0.6) is 0 Å². The Morgan fingerprint density at radius 1 is 1.55 bits per heavy atom. The van der Waals surface area contributed by atoms with E-state index < -0.39 is 17.1 Å². The molecule has 2 atom stereocenters. The Balaban J connectivity index is 2.18. The van der Waals surface area contributed by atoms with Gasteiger partial charge in [-0.2, -0.15) is 0 Å². The lowest BCUT2D eigenvalue weighted by atomic mass is 10.1. The van der Waals surface area contributed by atoms with Crippen LogP contribution < -0.4 is 5.32 Å². The minimum atomic E-state index is -0.757. The lowest BCUT2D eigenvalue weighted by Crippen LogP contribution is -2.33. The van der Waals surface area contributed by atoms with Crippen LogP contribution in [0.1, 0.15) is 30.0 Å². The highest BCUT2D eigenvalue weighted by molar-refractivity contribution is 6.17. The van der Waals surface area contributed by atoms with Crippen molar-refractivity contribution in [2.45, 2.75) is 31.4 Å². The highest BCUT2D eigenvalue weighted by Crippen LogP contribution is 2.34. The number of nitrogens with one attached hydrogen (secondary N) is 1. The number of carbonyl (C=O) groups excluding carboxylic acids is 1. The summed E-state index contributed by atoms with van der Waals surface area (Å²) in [6.07, 6.45) is 0.454. The van der Waals surface area contributed by atoms with Gasteiger partial charge in [0.05, 0.1) is 17.1 Å². The van der Waals surface area contributed by atoms with Gasteiger partial charge in [-0.1, -0.05) is 6.07 Å². The average molecular weight is 299 g/mol. The molecule has 2 rings (SSSR count). The van der Waals surface area contributed by atoms with Gasteiger partial charge >= 0.3 is 0 Å². The minimum Gasteiger partial charge on any atom is -0.390 e. The van der Waals surface area contributed by atoms with Gasteiger partial charge in [0.1, 0.15) is 0 Å². The number of carbonyl (C=O) groups is 1. The van der Waals surface area contributed by atoms with Crippen LogP contribution >= 0.6 is 11.6 Å². The largest absolute Gasteiger partial charge is 0.390 e. The van der Waals surface area contributed by atoms with Crippen LogP contribution in [0.4, 0.5) is 5.69 Å². The monoisotopic (exact) mass is 298 g/mol. The summed E-state index contributed by atoms with van der Waals surface area (Å²) in [4.78, 5) is 22.0. The van der Waals surface area contributed by atoms with Gasteiger partial charge in [-0.25, -0.2) is 0 Å². The molecule has 0 aromatic heterocycles. The number of hydrogen-bond donors (Lipinski definition) is 2. The normalized spacial score (nSPS) is 20.5. The zero-order valence-electron chi connectivity index (χ0n) is 10.7. The molecule has 1 amide bonds. The molecule has 1 aliphatic rings. The molecule has 7 heteroatoms. The number of benzene rings is 1. The molecule has 0 saturated carbocycles. The number of alkyl halides is 1. The molecule has 1 aromatic carbocycles. The number of amides is 1. The first-order chi connectivity index (χ1) is 9.52. The van der Waals surface area contributed by atoms with E-state index >= 15 is 0 Å². The summed E-state index contributed by atoms with van der Waals surface area (Å²) < 4.78 is 0. The zero-order valence-corrected chi connectivity index (χ0v) is 11.5. The summed E-state index contributed by atoms with van der Waals surface area (Å²) in [5, 5.41) is 23.5. The van der Waals surface area contributed by atoms with Crippen molar-refractivity contribution in [2.24, 2.45) is 0 Å². The Morgan fingerprint density at radius 3 is 2.95 bits per heavy atom. The Hall–Kier alpha value is -1.66. The van der Waals surface area contributed by atoms with Gasteiger partial charge in [0, 0.05) is 30.9 Å². The molecule has 20 heavy (non-hydrogen) atoms. The van der Waals surface area contributed by atoms with Crippen molar-refractivity contribution < 1.29 is 14.8 Å². The molecule has 0 aliphatic heterocycles. The lowest BCUT2D eigenvalue weighted by Gasteiger charge is -2.17. The van der Waals surface area contributed by atoms with Crippen molar-refractivity contribution in [1.82, 2.24) is 5.32 Å². The molecule has 0 fully saturated rings. The van der Waals surface area contributed by atoms with Crippen molar-refractivity contribution in [2.75, 3.05) is 5.88 Å². The molecule has 0 saturated heterocycles. The van der Waals surface area contributed by atoms with E-state index in [0.29, 0.717) is 24.3 Å². The van der Waals surface area contributed by atoms with Crippen molar-refractivity contribution >= 4 is 23.2 Å². The maximum atomic E-state index is 11.7. The number of rotatable bonds is 5. The summed E-state index contributed by atoms with van der Waals surface area (Å²) in [6.45, 7) is 0. The number of fused-ring (bicyclic) bond motifs is 1. The number of nitrogens with zero attached hydrogens (tertiary/aromatic N) is 1. The van der Waals surface area contributed by atoms with Crippen LogP contribution in [0.3, 0.4) is 0 Å². The molecule has 0 heterocycles. The Bertz CT molecular complexity index is 535. The van der Waals surface area contributed by atoms with Crippen LogP contribution in [0.25, 0.3) is 0 Å². The SMILES string of the molecule is O=C(CCCCl)N[C@@H]1c2cc([N+](=O)[O-])ccc2C[C@H]1O. The van der Waals surface area contributed by atoms with Crippen LogP contribution in [0.2, 0.25) is 0 Å². The number of aliphatic hydroxyl groups excluding tert-OH is 1. The van der Waals surface area contributed by atoms with Crippen molar-refractivity contribution in [3.05, 3.63) is 39.4 Å². The highest BCUT2D eigenvalue weighted by atomic mass is 35.5. The minimum absolute atomic E-state index is 0.0437. The van der Waals surface area contributed by atoms with E-state index in [1.54, 1.807) is 6.07 Å². The van der Waals surface area contributed by atoms with Gasteiger partial charge in [0.2, 0.25) is 5.91 Å². The highest BCUT2D eigenvalue weighted by Gasteiger charge is 2.33. The fraction of sp³-hybridized carbons (Fsp3) is 0.462. The molecular formula is C13H15ClN2O4. The predicted octanol–water partition coefficient (Wildman–Crippen LogP) is 1.69. The van der Waals surface area contributed by atoms with E-state index in [2.05, 4.69) is 5.32 Å². The molecule has 0 unspecified atom stereocenters. The zero-order chi connectivity index (χ0) is 14.7. The van der Waals surface area contributed by atoms with E-state index in [1.165, 1.54) is 12.1 Å². The Kier molecular flexibility index (Phi) is 4.57. The predicted molar refractivity (Wildman–Crippen MR) is 73.6 cm³/mol. The number of hydrogen-bond acceptors (Lipinski definition) is 4. The molecule has 0 spiro atoms. The Labute approximate surface area is 120 Å². The van der Waals surface area contributed by atoms with Crippen molar-refractivity contribution in [1.29, 1.82) is 0 Å². The third-order valence-electron chi connectivity index (χ3n) is 3.34. The third kappa shape index (κ3) is 3.08. The van der Waals surface area contributed by atoms with Gasteiger partial charge < -0.3 is 10.4 Å². The standard InChI is InChI=1S/C13H15ClN2O4/c14-5-1-2-12(18)15-13-10-7-9(16(19)20)4-3-8(10)6-11(13)17/h3-4,7,11,13,17H,1-2,5-6H2,(H,15,18)/t11-,13-/m1/s1. The summed E-state index contributed by atoms with van der Waals surface area (Å²) >= 11 is 5.52. The fourth-order valence-corrected chi connectivity index (χ4v) is 2.50. The van der Waals surface area contributed by atoms with Gasteiger partial charge in [0.15, 0.2) is 0 Å². The summed E-state index contributed by atoms with van der Waals surface area (Å²) in [7, 11) is 0. The first kappa shape index (κ1) is 14.7. The summed E-state index contributed by atoms with van der Waals surface area (Å²) in [5.74, 6) is 0.178. The summed E-state index contributed by atoms with van der Waals surface area (Å²) in [5.41, 5.74) is 1.40. The molecule has 1 aliphatic carbocycles. The van der Waals surface area contributed by atoms with E-state index in [0.717, 1.165) is 5.56 Å². The van der Waals surface area contributed by atoms with Crippen molar-refractivity contribution in [3.63, 3.8) is 0 Å². The first-order valence-corrected chi connectivity index (χ1v) is 6.87. The topological polar surface area (TPSA) is 92.5 Å². The maximum Gasteiger partial charge on any atom is 0.269 e. The second-order valence-corrected chi connectivity index (χ2v) is 5.13. The number of nitro benzene ring substituents is 1.